The second kappa shape index (κ2) is 70.2. The Morgan fingerprint density at radius 3 is 0.458 bits per heavy atom. The lowest BCUT2D eigenvalue weighted by Gasteiger charge is -2.42. The molecule has 1 aliphatic carbocycles. The van der Waals surface area contributed by atoms with Crippen LogP contribution in [0.1, 0.15) is 407 Å². The van der Waals surface area contributed by atoms with E-state index in [1.54, 1.807) is 0 Å². The number of hydrogen-bond acceptors (Lipinski definition) is 13. The van der Waals surface area contributed by atoms with Crippen LogP contribution in [0.3, 0.4) is 0 Å². The quantitative estimate of drug-likeness (QED) is 0.216. The second-order valence-corrected chi connectivity index (χ2v) is 51.2. The van der Waals surface area contributed by atoms with Crippen molar-refractivity contribution in [1.82, 2.24) is 39.2 Å². The van der Waals surface area contributed by atoms with Gasteiger partial charge in [0.25, 0.3) is 0 Å². The Morgan fingerprint density at radius 1 is 0.186 bits per heavy atom. The third kappa shape index (κ3) is 138. The van der Waals surface area contributed by atoms with Gasteiger partial charge in [0.05, 0.1) is 39.6 Å². The molecule has 0 radical (unpaired) electrons. The minimum absolute atomic E-state index is 0.323. The molecule has 720 valence electrons. The summed E-state index contributed by atoms with van der Waals surface area (Å²) in [6.45, 7) is 125. The van der Waals surface area contributed by atoms with Crippen LogP contribution in [0.2, 0.25) is 0 Å². The molecule has 11 heterocycles. The second-order valence-electron chi connectivity index (χ2n) is 51.2. The van der Waals surface area contributed by atoms with Gasteiger partial charge in [0.1, 0.15) is 0 Å². The molecule has 0 spiro atoms. The minimum atomic E-state index is 0.323. The summed E-state index contributed by atoms with van der Waals surface area (Å²) in [5.41, 5.74) is 5.68. The van der Waals surface area contributed by atoms with Crippen LogP contribution in [-0.2, 0) is 23.7 Å². The van der Waals surface area contributed by atoms with E-state index in [0.717, 1.165) is 98.2 Å². The van der Waals surface area contributed by atoms with E-state index in [1.807, 2.05) is 12.2 Å². The molecule has 0 aromatic carbocycles. The molecule has 0 aromatic heterocycles. The van der Waals surface area contributed by atoms with Crippen molar-refractivity contribution < 1.29 is 23.7 Å². The first-order valence-electron chi connectivity index (χ1n) is 48.4. The summed E-state index contributed by atoms with van der Waals surface area (Å²) < 4.78 is 24.9. The van der Waals surface area contributed by atoms with Crippen LogP contribution in [0.5, 0.6) is 0 Å². The molecular formula is C105H230N8O5. The van der Waals surface area contributed by atoms with Crippen LogP contribution in [0.4, 0.5) is 0 Å². The van der Waals surface area contributed by atoms with Crippen molar-refractivity contribution in [3.8, 4) is 0 Å². The smallest absolute Gasteiger partial charge is 0.0652 e. The van der Waals surface area contributed by atoms with E-state index in [0.29, 0.717) is 65.5 Å². The summed E-state index contributed by atoms with van der Waals surface area (Å²) in [7, 11) is 8.62. The molecule has 1 saturated carbocycles. The zero-order valence-corrected chi connectivity index (χ0v) is 90.8. The molecule has 12 rings (SSSR count). The molecule has 0 bridgehead atoms. The van der Waals surface area contributed by atoms with Crippen molar-refractivity contribution in [1.29, 1.82) is 0 Å². The van der Waals surface area contributed by atoms with Gasteiger partial charge in [0, 0.05) is 74.8 Å². The fourth-order valence-corrected chi connectivity index (χ4v) is 10.2. The normalized spacial score (nSPS) is 20.2. The van der Waals surface area contributed by atoms with Gasteiger partial charge in [-0.1, -0.05) is 240 Å². The number of nitrogens with zero attached hydrogens (tertiary/aromatic N) is 8. The minimum Gasteiger partial charge on any atom is -0.381 e. The zero-order valence-electron chi connectivity index (χ0n) is 90.8. The number of hydrogen-bond donors (Lipinski definition) is 0. The van der Waals surface area contributed by atoms with Crippen molar-refractivity contribution in [2.24, 2.45) is 49.2 Å². The third-order valence-electron chi connectivity index (χ3n) is 17.1. The molecule has 0 aromatic rings. The maximum Gasteiger partial charge on any atom is 0.0652 e. The SMILES string of the molecule is C1=CCOC1.C1CCOC1.C1COC1.CC(C)(C)C.CC(C)(C)C.CC(C)(C)C.CC(C)(C)C.CC(C)(C)C.CC(C)(C)C.CC(C)(C)C.CC(C)(C)C1CC1.CC(C)(C)N1CCC1.CC(C)(C)N1CCCC1.CC(C)(C)N1CCCCC1.CC(C)(C)N1CCOCC1.CN1CCC1.CN1CCCC1.CN1CCCCC1.CN1CCOCC1. The van der Waals surface area contributed by atoms with E-state index in [1.165, 1.54) is 188 Å². The maximum absolute atomic E-state index is 5.25. The lowest BCUT2D eigenvalue weighted by atomic mass is 9.91. The standard InChI is InChI=1S/C9H19N.C8H17NO.C8H17N.C7H15N.C7H14.C6H13N.C5H11NO.C5H11N.7C5H12.C4H9N.C4H8O.C4H6O.C3H6O/c1-9(2,3)10-7-5-4-6-8-10;1-8(2,3)9-4-6-10-7-5-9;1-8(2,3)9-6-4-5-7-9;1-7(2,3)8-5-4-6-8;1-7(2,3)6-4-5-6;1-7-5-3-2-4-6-7;1-6-2-4-7-5-3-6;1-6-4-2-3-5-6;7*1-5(2,3)4;1-5-3-2-4-5;2*1-2-4-5-3-1;1-2-4-3-1/h4-8H2,1-3H3;4-7H2,1-3H3;4-7H2,1-3H3;4-6H2,1-3H3;6H,4-5H2,1-3H3;2-6H2,1H3;2-5H2,1H3;2-5H2,1H3;7*1-4H3;2-4H2,1H3;1-4H2;1-2H,3-4H2;1-3H2. The maximum atomic E-state index is 5.25. The first kappa shape index (κ1) is 130. The van der Waals surface area contributed by atoms with E-state index in [9.17, 15) is 0 Å². The van der Waals surface area contributed by atoms with E-state index in [2.05, 4.69) is 365 Å². The molecule has 13 heteroatoms. The number of likely N-dealkylation sites (tertiary alicyclic amines) is 6. The van der Waals surface area contributed by atoms with Gasteiger partial charge in [-0.3, -0.25) is 19.6 Å². The number of ether oxygens (including phenoxy) is 5. The van der Waals surface area contributed by atoms with Crippen LogP contribution in [0.25, 0.3) is 0 Å². The fourth-order valence-electron chi connectivity index (χ4n) is 10.2. The van der Waals surface area contributed by atoms with Crippen LogP contribution >= 0.6 is 0 Å². The van der Waals surface area contributed by atoms with Crippen LogP contribution in [0, 0.1) is 49.2 Å². The topological polar surface area (TPSA) is 72.1 Å². The average molecular weight is 1690 g/mol. The van der Waals surface area contributed by atoms with Gasteiger partial charge in [0.2, 0.25) is 0 Å². The Hall–Kier alpha value is -0.780. The highest BCUT2D eigenvalue weighted by Gasteiger charge is 2.33. The Kier molecular flexibility index (Phi) is 77.6. The number of likely N-dealkylation sites (N-methyl/N-ethyl adjacent to an activating group) is 1. The largest absolute Gasteiger partial charge is 0.381 e. The van der Waals surface area contributed by atoms with Gasteiger partial charge in [-0.25, -0.2) is 0 Å². The van der Waals surface area contributed by atoms with Crippen molar-refractivity contribution in [2.45, 2.75) is 429 Å². The lowest BCUT2D eigenvalue weighted by molar-refractivity contribution is -0.00389. The summed E-state index contributed by atoms with van der Waals surface area (Å²) in [6.07, 6.45) is 27.8. The van der Waals surface area contributed by atoms with E-state index in [-0.39, 0.29) is 0 Å². The highest BCUT2D eigenvalue weighted by atomic mass is 16.5. The van der Waals surface area contributed by atoms with Crippen molar-refractivity contribution in [3.63, 3.8) is 0 Å². The third-order valence-corrected chi connectivity index (χ3v) is 17.1. The first-order valence-corrected chi connectivity index (χ1v) is 48.4. The van der Waals surface area contributed by atoms with Crippen molar-refractivity contribution in [2.75, 3.05) is 199 Å². The molecular weight excluding hydrogens is 1450 g/mol. The molecule has 13 nitrogen and oxygen atoms in total. The Balaban J connectivity index is -0.000000222. The number of rotatable bonds is 0. The Bertz CT molecular complexity index is 1880. The number of piperidine rings is 2. The van der Waals surface area contributed by atoms with Crippen LogP contribution < -0.4 is 0 Å². The summed E-state index contributed by atoms with van der Waals surface area (Å²) >= 11 is 0. The van der Waals surface area contributed by atoms with Gasteiger partial charge in [-0.15, -0.1) is 0 Å². The van der Waals surface area contributed by atoms with E-state index < -0.39 is 0 Å². The predicted octanol–water partition coefficient (Wildman–Crippen LogP) is 27.4. The molecule has 0 N–H and O–H groups in total. The van der Waals surface area contributed by atoms with Crippen molar-refractivity contribution >= 4 is 0 Å². The first-order chi connectivity index (χ1) is 53.1. The van der Waals surface area contributed by atoms with Crippen LogP contribution in [-0.4, -0.2) is 260 Å². The highest BCUT2D eigenvalue weighted by Crippen LogP contribution is 2.44. The number of morpholine rings is 2. The molecule has 12 aliphatic rings. The fraction of sp³-hybridized carbons (Fsp3) is 0.981. The molecule has 11 fully saturated rings. The Labute approximate surface area is 748 Å². The van der Waals surface area contributed by atoms with Crippen molar-refractivity contribution in [3.05, 3.63) is 12.2 Å². The molecule has 0 unspecified atom stereocenters. The molecule has 118 heavy (non-hydrogen) atoms. The molecule has 11 aliphatic heterocycles. The van der Waals surface area contributed by atoms with Gasteiger partial charge in [-0.2, -0.15) is 0 Å². The summed E-state index contributed by atoms with van der Waals surface area (Å²) in [5, 5.41) is 0. The molecule has 10 saturated heterocycles. The summed E-state index contributed by atoms with van der Waals surface area (Å²) in [5.74, 6) is 1.05. The van der Waals surface area contributed by atoms with E-state index in [4.69, 9.17) is 23.7 Å². The van der Waals surface area contributed by atoms with Gasteiger partial charge < -0.3 is 43.3 Å². The van der Waals surface area contributed by atoms with E-state index >= 15 is 0 Å². The Morgan fingerprint density at radius 2 is 0.364 bits per heavy atom. The highest BCUT2D eigenvalue weighted by molar-refractivity contribution is 4.87. The summed E-state index contributed by atoms with van der Waals surface area (Å²) in [6, 6.07) is 0. The molecule has 0 amide bonds. The predicted molar refractivity (Wildman–Crippen MR) is 536 cm³/mol. The molecule has 0 atom stereocenters. The van der Waals surface area contributed by atoms with Gasteiger partial charge in [-0.05, 0) is 335 Å². The van der Waals surface area contributed by atoms with Crippen LogP contribution in [0.15, 0.2) is 12.2 Å². The zero-order chi connectivity index (χ0) is 93.6. The summed E-state index contributed by atoms with van der Waals surface area (Å²) in [4.78, 5) is 19.4. The average Bonchev–Trinajstić information content (AvgIpc) is 1.50. The van der Waals surface area contributed by atoms with Gasteiger partial charge in [0.15, 0.2) is 0 Å². The lowest BCUT2D eigenvalue weighted by Crippen LogP contribution is -2.49. The van der Waals surface area contributed by atoms with Gasteiger partial charge >= 0.3 is 0 Å². The monoisotopic (exact) mass is 1680 g/mol.